The summed E-state index contributed by atoms with van der Waals surface area (Å²) in [5.41, 5.74) is 0.0674. The van der Waals surface area contributed by atoms with Gasteiger partial charge in [0.1, 0.15) is 5.75 Å². The maximum atomic E-state index is 12.3. The van der Waals surface area contributed by atoms with Crippen LogP contribution in [-0.4, -0.2) is 29.3 Å². The number of alkyl halides is 2. The van der Waals surface area contributed by atoms with Crippen LogP contribution in [0.15, 0.2) is 18.2 Å². The summed E-state index contributed by atoms with van der Waals surface area (Å²) >= 11 is 0. The smallest absolute Gasteiger partial charge is 0.387 e. The predicted molar refractivity (Wildman–Crippen MR) is 72.3 cm³/mol. The number of aliphatic hydroxyl groups excluding tert-OH is 1. The largest absolute Gasteiger partial charge is 0.434 e. The van der Waals surface area contributed by atoms with Crippen molar-refractivity contribution in [1.82, 2.24) is 5.32 Å². The van der Waals surface area contributed by atoms with E-state index < -0.39 is 11.5 Å². The third-order valence-corrected chi connectivity index (χ3v) is 3.23. The molecule has 8 heteroatoms. The molecule has 0 radical (unpaired) electrons. The monoisotopic (exact) mass is 304 g/mol. The molecule has 0 aliphatic heterocycles. The Morgan fingerprint density at radius 2 is 2.10 bits per heavy atom. The van der Waals surface area contributed by atoms with E-state index in [-0.39, 0.29) is 42.1 Å². The maximum absolute atomic E-state index is 12.3. The van der Waals surface area contributed by atoms with E-state index in [1.54, 1.807) is 0 Å². The van der Waals surface area contributed by atoms with E-state index in [4.69, 9.17) is 5.11 Å². The highest BCUT2D eigenvalue weighted by Gasteiger charge is 2.16. The Hall–Kier alpha value is -1.80. The van der Waals surface area contributed by atoms with Crippen molar-refractivity contribution >= 4 is 5.69 Å². The molecule has 21 heavy (non-hydrogen) atoms. The quantitative estimate of drug-likeness (QED) is 0.568. The number of aliphatic hydroxyl groups is 1. The second kappa shape index (κ2) is 7.84. The summed E-state index contributed by atoms with van der Waals surface area (Å²) in [5, 5.41) is 22.8. The Morgan fingerprint density at radius 3 is 2.62 bits per heavy atom. The lowest BCUT2D eigenvalue weighted by molar-refractivity contribution is -0.385. The van der Waals surface area contributed by atoms with Crippen LogP contribution in [-0.2, 0) is 6.54 Å². The Morgan fingerprint density at radius 1 is 1.43 bits per heavy atom. The van der Waals surface area contributed by atoms with Gasteiger partial charge < -0.3 is 15.2 Å². The first kappa shape index (κ1) is 17.3. The molecule has 0 aliphatic carbocycles. The van der Waals surface area contributed by atoms with Crippen LogP contribution in [0.25, 0.3) is 0 Å². The highest BCUT2D eigenvalue weighted by Crippen LogP contribution is 2.26. The molecule has 2 unspecified atom stereocenters. The molecule has 6 nitrogen and oxygen atoms in total. The average Bonchev–Trinajstić information content (AvgIpc) is 2.44. The molecule has 0 heterocycles. The number of non-ortho nitro benzene ring substituents is 1. The Balaban J connectivity index is 2.89. The fraction of sp³-hybridized carbons (Fsp3) is 0.538. The molecule has 2 N–H and O–H groups in total. The molecular formula is C13H18F2N2O4. The van der Waals surface area contributed by atoms with Crippen LogP contribution >= 0.6 is 0 Å². The number of hydrogen-bond acceptors (Lipinski definition) is 5. The number of nitrogens with zero attached hydrogens (tertiary/aromatic N) is 1. The number of benzene rings is 1. The van der Waals surface area contributed by atoms with E-state index in [1.807, 2.05) is 13.8 Å². The van der Waals surface area contributed by atoms with E-state index in [0.29, 0.717) is 0 Å². The van der Waals surface area contributed by atoms with Crippen LogP contribution < -0.4 is 10.1 Å². The Kier molecular flexibility index (Phi) is 6.44. The predicted octanol–water partition coefficient (Wildman–Crippen LogP) is 2.30. The van der Waals surface area contributed by atoms with Crippen molar-refractivity contribution in [2.24, 2.45) is 5.92 Å². The van der Waals surface area contributed by atoms with Gasteiger partial charge in [-0.25, -0.2) is 0 Å². The van der Waals surface area contributed by atoms with Crippen molar-refractivity contribution in [2.45, 2.75) is 33.0 Å². The van der Waals surface area contributed by atoms with Crippen LogP contribution in [0.1, 0.15) is 19.4 Å². The molecule has 0 bridgehead atoms. The van der Waals surface area contributed by atoms with Crippen molar-refractivity contribution < 1.29 is 23.5 Å². The van der Waals surface area contributed by atoms with Gasteiger partial charge in [-0.15, -0.1) is 0 Å². The van der Waals surface area contributed by atoms with E-state index in [1.165, 1.54) is 6.07 Å². The van der Waals surface area contributed by atoms with E-state index >= 15 is 0 Å². The minimum Gasteiger partial charge on any atom is -0.434 e. The van der Waals surface area contributed by atoms with E-state index in [0.717, 1.165) is 12.1 Å². The highest BCUT2D eigenvalue weighted by molar-refractivity contribution is 5.43. The van der Waals surface area contributed by atoms with Gasteiger partial charge in [-0.1, -0.05) is 6.92 Å². The van der Waals surface area contributed by atoms with Gasteiger partial charge in [0, 0.05) is 36.9 Å². The lowest BCUT2D eigenvalue weighted by atomic mass is 10.0. The van der Waals surface area contributed by atoms with Gasteiger partial charge in [0.2, 0.25) is 0 Å². The zero-order valence-corrected chi connectivity index (χ0v) is 11.8. The van der Waals surface area contributed by atoms with Gasteiger partial charge >= 0.3 is 6.61 Å². The second-order valence-electron chi connectivity index (χ2n) is 4.76. The summed E-state index contributed by atoms with van der Waals surface area (Å²) < 4.78 is 29.0. The molecule has 0 saturated carbocycles. The van der Waals surface area contributed by atoms with E-state index in [2.05, 4.69) is 10.1 Å². The molecule has 1 aromatic carbocycles. The molecule has 0 fully saturated rings. The normalized spacial score (nSPS) is 14.0. The molecule has 0 spiro atoms. The first-order chi connectivity index (χ1) is 9.85. The van der Waals surface area contributed by atoms with Crippen LogP contribution in [0.2, 0.25) is 0 Å². The molecule has 0 aliphatic rings. The van der Waals surface area contributed by atoms with Crippen molar-refractivity contribution in [3.8, 4) is 5.75 Å². The van der Waals surface area contributed by atoms with Crippen molar-refractivity contribution in [1.29, 1.82) is 0 Å². The highest BCUT2D eigenvalue weighted by atomic mass is 19.3. The number of rotatable bonds is 8. The second-order valence-corrected chi connectivity index (χ2v) is 4.76. The topological polar surface area (TPSA) is 84.6 Å². The van der Waals surface area contributed by atoms with Gasteiger partial charge in [0.15, 0.2) is 0 Å². The minimum atomic E-state index is -3.00. The first-order valence-electron chi connectivity index (χ1n) is 6.41. The number of nitro groups is 1. The fourth-order valence-electron chi connectivity index (χ4n) is 1.66. The molecule has 1 aromatic rings. The van der Waals surface area contributed by atoms with Crippen LogP contribution in [0.5, 0.6) is 5.75 Å². The van der Waals surface area contributed by atoms with Gasteiger partial charge in [0.05, 0.1) is 4.92 Å². The number of nitrogens with one attached hydrogen (secondary N) is 1. The number of nitro benzene ring substituents is 1. The summed E-state index contributed by atoms with van der Waals surface area (Å²) in [6.07, 6.45) is 0. The molecule has 0 saturated heterocycles. The Bertz CT molecular complexity index is 485. The standard InChI is InChI=1S/C13H18F2N2O4/c1-8(7-18)9(2)16-6-10-5-11(17(19)20)3-4-12(10)21-13(14)15/h3-5,8-9,13,16,18H,6-7H2,1-2H3. The zero-order chi connectivity index (χ0) is 16.0. The lowest BCUT2D eigenvalue weighted by Crippen LogP contribution is -2.33. The van der Waals surface area contributed by atoms with E-state index in [9.17, 15) is 18.9 Å². The molecular weight excluding hydrogens is 286 g/mol. The fourth-order valence-corrected chi connectivity index (χ4v) is 1.66. The molecule has 0 aromatic heterocycles. The van der Waals surface area contributed by atoms with Crippen LogP contribution in [0.3, 0.4) is 0 Å². The zero-order valence-electron chi connectivity index (χ0n) is 11.8. The molecule has 1 rings (SSSR count). The lowest BCUT2D eigenvalue weighted by Gasteiger charge is -2.20. The summed E-state index contributed by atoms with van der Waals surface area (Å²) in [4.78, 5) is 10.1. The summed E-state index contributed by atoms with van der Waals surface area (Å²) in [6, 6.07) is 3.37. The van der Waals surface area contributed by atoms with Crippen molar-refractivity contribution in [2.75, 3.05) is 6.61 Å². The number of ether oxygens (including phenoxy) is 1. The SMILES string of the molecule is CC(CO)C(C)NCc1cc([N+](=O)[O-])ccc1OC(F)F. The van der Waals surface area contributed by atoms with Crippen molar-refractivity contribution in [3.63, 3.8) is 0 Å². The minimum absolute atomic E-state index is 0.0243. The van der Waals surface area contributed by atoms with Crippen LogP contribution in [0.4, 0.5) is 14.5 Å². The summed E-state index contributed by atoms with van der Waals surface area (Å²) in [5.74, 6) is -0.143. The van der Waals surface area contributed by atoms with Crippen LogP contribution in [0, 0.1) is 16.0 Å². The first-order valence-corrected chi connectivity index (χ1v) is 6.41. The summed E-state index contributed by atoms with van der Waals surface area (Å²) in [6.45, 7) is 0.741. The Labute approximate surface area is 120 Å². The number of halogens is 2. The molecule has 0 amide bonds. The average molecular weight is 304 g/mol. The van der Waals surface area contributed by atoms with Gasteiger partial charge in [-0.05, 0) is 18.9 Å². The summed E-state index contributed by atoms with van der Waals surface area (Å²) in [7, 11) is 0. The van der Waals surface area contributed by atoms with Gasteiger partial charge in [0.25, 0.3) is 5.69 Å². The molecule has 2 atom stereocenters. The maximum Gasteiger partial charge on any atom is 0.387 e. The molecule has 118 valence electrons. The number of hydrogen-bond donors (Lipinski definition) is 2. The third-order valence-electron chi connectivity index (χ3n) is 3.23. The van der Waals surface area contributed by atoms with Gasteiger partial charge in [-0.2, -0.15) is 8.78 Å². The third kappa shape index (κ3) is 5.24. The van der Waals surface area contributed by atoms with Crippen molar-refractivity contribution in [3.05, 3.63) is 33.9 Å². The van der Waals surface area contributed by atoms with Gasteiger partial charge in [-0.3, -0.25) is 10.1 Å².